The summed E-state index contributed by atoms with van der Waals surface area (Å²) in [5, 5.41) is 3.69. The quantitative estimate of drug-likeness (QED) is 0.256. The molecule has 0 radical (unpaired) electrons. The summed E-state index contributed by atoms with van der Waals surface area (Å²) in [6.07, 6.45) is 5.48. The first-order valence-corrected chi connectivity index (χ1v) is 14.9. The van der Waals surface area contributed by atoms with Gasteiger partial charge in [0.15, 0.2) is 10.8 Å². The number of hydrogen-bond acceptors (Lipinski definition) is 5. The van der Waals surface area contributed by atoms with Crippen LogP contribution in [0.5, 0.6) is 0 Å². The van der Waals surface area contributed by atoms with Gasteiger partial charge in [0.25, 0.3) is 8.32 Å². The molecule has 176 valence electrons. The van der Waals surface area contributed by atoms with Gasteiger partial charge < -0.3 is 8.99 Å². The normalized spacial score (nSPS) is 19.1. The van der Waals surface area contributed by atoms with Crippen molar-refractivity contribution in [1.29, 1.82) is 0 Å². The molecule has 1 fully saturated rings. The van der Waals surface area contributed by atoms with E-state index in [1.54, 1.807) is 0 Å². The summed E-state index contributed by atoms with van der Waals surface area (Å²) in [6.45, 7) is 7.69. The van der Waals surface area contributed by atoms with Crippen LogP contribution in [0.1, 0.15) is 39.0 Å². The second-order valence-electron chi connectivity index (χ2n) is 9.75. The average Bonchev–Trinajstić information content (AvgIpc) is 3.48. The van der Waals surface area contributed by atoms with Gasteiger partial charge in [-0.3, -0.25) is 0 Å². The van der Waals surface area contributed by atoms with Crippen molar-refractivity contribution in [1.82, 2.24) is 19.5 Å². The van der Waals surface area contributed by atoms with Crippen molar-refractivity contribution in [2.75, 3.05) is 6.61 Å². The molecule has 2 aromatic carbocycles. The molecule has 0 bridgehead atoms. The van der Waals surface area contributed by atoms with Crippen LogP contribution in [0.3, 0.4) is 0 Å². The minimum atomic E-state index is -2.53. The standard InChI is InChI=1S/C26H29ClN4OSSi/c1-26(2,3)34(20-10-6-4-7-11-20,21-12-8-5-9-13-21)32-16-19-14-15-22(33-19)31-18-30-23-24(27)28-17-29-25(23)31/h4-13,17-19,22H,14-16H2,1-3H3/t19-,22?/m1/s1. The van der Waals surface area contributed by atoms with Crippen molar-refractivity contribution in [2.24, 2.45) is 0 Å². The van der Waals surface area contributed by atoms with E-state index < -0.39 is 8.32 Å². The van der Waals surface area contributed by atoms with Gasteiger partial charge in [0.2, 0.25) is 0 Å². The second kappa shape index (κ2) is 9.45. The van der Waals surface area contributed by atoms with Crippen molar-refractivity contribution < 1.29 is 4.43 Å². The summed E-state index contributed by atoms with van der Waals surface area (Å²) in [7, 11) is -2.53. The summed E-state index contributed by atoms with van der Waals surface area (Å²) in [5.74, 6) is 0. The smallest absolute Gasteiger partial charge is 0.261 e. The minimum absolute atomic E-state index is 0.0212. The third-order valence-corrected chi connectivity index (χ3v) is 13.4. The van der Waals surface area contributed by atoms with E-state index in [0.29, 0.717) is 15.9 Å². The molecule has 0 amide bonds. The molecule has 0 N–H and O–H groups in total. The van der Waals surface area contributed by atoms with E-state index in [-0.39, 0.29) is 10.4 Å². The van der Waals surface area contributed by atoms with E-state index in [4.69, 9.17) is 16.0 Å². The molecular weight excluding hydrogens is 480 g/mol. The van der Waals surface area contributed by atoms with Gasteiger partial charge in [0, 0.05) is 11.9 Å². The molecule has 1 aliphatic rings. The molecule has 0 saturated carbocycles. The molecule has 2 atom stereocenters. The predicted molar refractivity (Wildman–Crippen MR) is 144 cm³/mol. The fraction of sp³-hybridized carbons (Fsp3) is 0.346. The number of hydrogen-bond donors (Lipinski definition) is 0. The van der Waals surface area contributed by atoms with Crippen molar-refractivity contribution in [3.63, 3.8) is 0 Å². The van der Waals surface area contributed by atoms with Crippen LogP contribution in [-0.2, 0) is 4.43 Å². The van der Waals surface area contributed by atoms with Crippen LogP contribution >= 0.6 is 23.4 Å². The summed E-state index contributed by atoms with van der Waals surface area (Å²) in [5.41, 5.74) is 1.46. The van der Waals surface area contributed by atoms with Crippen LogP contribution in [0.15, 0.2) is 73.3 Å². The lowest BCUT2D eigenvalue weighted by atomic mass is 10.2. The molecule has 0 spiro atoms. The highest BCUT2D eigenvalue weighted by molar-refractivity contribution is 8.00. The molecule has 4 aromatic rings. The second-order valence-corrected chi connectivity index (χ2v) is 15.9. The molecule has 2 aromatic heterocycles. The van der Waals surface area contributed by atoms with Crippen LogP contribution in [0, 0.1) is 0 Å². The van der Waals surface area contributed by atoms with E-state index >= 15 is 0 Å². The van der Waals surface area contributed by atoms with Gasteiger partial charge in [-0.1, -0.05) is 93.0 Å². The highest BCUT2D eigenvalue weighted by Crippen LogP contribution is 2.44. The highest BCUT2D eigenvalue weighted by Gasteiger charge is 2.50. The van der Waals surface area contributed by atoms with E-state index in [9.17, 15) is 0 Å². The minimum Gasteiger partial charge on any atom is -0.406 e. The molecule has 3 heterocycles. The van der Waals surface area contributed by atoms with E-state index in [1.165, 1.54) is 16.7 Å². The van der Waals surface area contributed by atoms with Crippen LogP contribution in [0.25, 0.3) is 11.2 Å². The Morgan fingerprint density at radius 3 is 2.24 bits per heavy atom. The Kier molecular flexibility index (Phi) is 6.55. The van der Waals surface area contributed by atoms with Crippen LogP contribution in [0.2, 0.25) is 10.2 Å². The zero-order valence-corrected chi connectivity index (χ0v) is 22.3. The van der Waals surface area contributed by atoms with Gasteiger partial charge in [0.1, 0.15) is 11.8 Å². The summed E-state index contributed by atoms with van der Waals surface area (Å²) < 4.78 is 9.30. The Morgan fingerprint density at radius 1 is 0.971 bits per heavy atom. The number of nitrogens with zero attached hydrogens (tertiary/aromatic N) is 4. The summed E-state index contributed by atoms with van der Waals surface area (Å²) in [4.78, 5) is 12.9. The van der Waals surface area contributed by atoms with E-state index in [1.807, 2.05) is 18.1 Å². The maximum absolute atomic E-state index is 7.17. The van der Waals surface area contributed by atoms with E-state index in [0.717, 1.165) is 25.1 Å². The topological polar surface area (TPSA) is 52.8 Å². The Hall–Kier alpha value is -2.19. The number of imidazole rings is 1. The monoisotopic (exact) mass is 508 g/mol. The van der Waals surface area contributed by atoms with Crippen LogP contribution in [0.4, 0.5) is 0 Å². The Bertz CT molecular complexity index is 1220. The molecule has 0 aliphatic carbocycles. The number of rotatable bonds is 6. The van der Waals surface area contributed by atoms with Crippen molar-refractivity contribution in [3.05, 3.63) is 78.5 Å². The molecule has 5 rings (SSSR count). The van der Waals surface area contributed by atoms with Crippen molar-refractivity contribution >= 4 is 53.2 Å². The zero-order valence-electron chi connectivity index (χ0n) is 19.7. The molecule has 34 heavy (non-hydrogen) atoms. The predicted octanol–water partition coefficient (Wildman–Crippen LogP) is 5.45. The number of benzene rings is 2. The molecule has 8 heteroatoms. The van der Waals surface area contributed by atoms with Gasteiger partial charge in [-0.05, 0) is 28.3 Å². The molecule has 1 saturated heterocycles. The van der Waals surface area contributed by atoms with Crippen LogP contribution in [-0.4, -0.2) is 39.7 Å². The number of fused-ring (bicyclic) bond motifs is 1. The molecule has 1 unspecified atom stereocenters. The Labute approximate surface area is 211 Å². The molecule has 1 aliphatic heterocycles. The number of aromatic nitrogens is 4. The van der Waals surface area contributed by atoms with Crippen molar-refractivity contribution in [2.45, 2.75) is 49.3 Å². The summed E-state index contributed by atoms with van der Waals surface area (Å²) in [6, 6.07) is 21.7. The fourth-order valence-corrected chi connectivity index (χ4v) is 11.4. The SMILES string of the molecule is CC(C)(C)[Si](OC[C@H]1CCC(n2cnc3c(Cl)ncnc32)S1)(c1ccccc1)c1ccccc1. The van der Waals surface area contributed by atoms with Gasteiger partial charge in [-0.15, -0.1) is 11.8 Å². The Balaban J connectivity index is 1.42. The van der Waals surface area contributed by atoms with Crippen LogP contribution < -0.4 is 10.4 Å². The van der Waals surface area contributed by atoms with Gasteiger partial charge >= 0.3 is 0 Å². The van der Waals surface area contributed by atoms with Crippen molar-refractivity contribution in [3.8, 4) is 0 Å². The largest absolute Gasteiger partial charge is 0.406 e. The third kappa shape index (κ3) is 4.19. The average molecular weight is 509 g/mol. The number of thioether (sulfide) groups is 1. The first kappa shape index (κ1) is 23.5. The van der Waals surface area contributed by atoms with Gasteiger partial charge in [-0.25, -0.2) is 15.0 Å². The third-order valence-electron chi connectivity index (χ3n) is 6.61. The van der Waals surface area contributed by atoms with Gasteiger partial charge in [0.05, 0.1) is 11.7 Å². The van der Waals surface area contributed by atoms with Gasteiger partial charge in [-0.2, -0.15) is 0 Å². The Morgan fingerprint density at radius 2 is 1.62 bits per heavy atom. The summed E-state index contributed by atoms with van der Waals surface area (Å²) >= 11 is 8.16. The first-order chi connectivity index (χ1) is 16.4. The lowest BCUT2D eigenvalue weighted by molar-refractivity contribution is 0.295. The zero-order chi connectivity index (χ0) is 23.8. The number of halogens is 1. The first-order valence-electron chi connectivity index (χ1n) is 11.6. The lowest BCUT2D eigenvalue weighted by Crippen LogP contribution is -2.67. The molecular formula is C26H29ClN4OSSi. The van der Waals surface area contributed by atoms with E-state index in [2.05, 4.69) is 101 Å². The maximum atomic E-state index is 7.17. The highest BCUT2D eigenvalue weighted by atomic mass is 35.5. The molecule has 5 nitrogen and oxygen atoms in total. The lowest BCUT2D eigenvalue weighted by Gasteiger charge is -2.43. The fourth-order valence-electron chi connectivity index (χ4n) is 5.03. The maximum Gasteiger partial charge on any atom is 0.261 e.